The maximum absolute atomic E-state index is 6.52. The normalized spacial score (nSPS) is 21.0. The lowest BCUT2D eigenvalue weighted by molar-refractivity contribution is 0.0262. The molecule has 6 rings (SSSR count). The Kier molecular flexibility index (Phi) is 6.66. The van der Waals surface area contributed by atoms with E-state index in [1.807, 2.05) is 6.92 Å². The van der Waals surface area contributed by atoms with Crippen LogP contribution in [-0.2, 0) is 4.74 Å². The summed E-state index contributed by atoms with van der Waals surface area (Å²) < 4.78 is 12.1. The Balaban J connectivity index is 1.22. The number of fused-ring (bicyclic) bond motifs is 1. The molecule has 2 saturated heterocycles. The zero-order valence-corrected chi connectivity index (χ0v) is 20.9. The number of ether oxygens (including phenoxy) is 2. The number of aryl methyl sites for hydroxylation is 1. The first kappa shape index (κ1) is 22.9. The van der Waals surface area contributed by atoms with Gasteiger partial charge >= 0.3 is 0 Å². The third-order valence-electron chi connectivity index (χ3n) is 8.14. The zero-order chi connectivity index (χ0) is 23.6. The summed E-state index contributed by atoms with van der Waals surface area (Å²) >= 11 is 0. The summed E-state index contributed by atoms with van der Waals surface area (Å²) in [5.41, 5.74) is 5.54. The average molecular weight is 474 g/mol. The van der Waals surface area contributed by atoms with Crippen molar-refractivity contribution in [2.45, 2.75) is 64.0 Å². The van der Waals surface area contributed by atoms with Gasteiger partial charge in [-0.25, -0.2) is 0 Å². The van der Waals surface area contributed by atoms with Gasteiger partial charge in [0.25, 0.3) is 0 Å². The molecule has 185 valence electrons. The van der Waals surface area contributed by atoms with Crippen LogP contribution in [0.3, 0.4) is 0 Å². The Morgan fingerprint density at radius 3 is 2.57 bits per heavy atom. The van der Waals surface area contributed by atoms with Crippen molar-refractivity contribution in [3.8, 4) is 16.9 Å². The summed E-state index contributed by atoms with van der Waals surface area (Å²) in [4.78, 5) is 5.23. The predicted octanol–water partition coefficient (Wildman–Crippen LogP) is 5.35. The summed E-state index contributed by atoms with van der Waals surface area (Å²) in [5.74, 6) is 0.922. The van der Waals surface area contributed by atoms with Crippen molar-refractivity contribution in [3.63, 3.8) is 0 Å². The Bertz CT molecular complexity index is 1140. The van der Waals surface area contributed by atoms with E-state index in [4.69, 9.17) is 9.47 Å². The number of hydrogen-bond donors (Lipinski definition) is 1. The second-order valence-corrected chi connectivity index (χ2v) is 10.4. The maximum atomic E-state index is 6.52. The van der Waals surface area contributed by atoms with E-state index in [9.17, 15) is 0 Å². The minimum absolute atomic E-state index is 0.191. The van der Waals surface area contributed by atoms with E-state index in [1.165, 1.54) is 43.4 Å². The van der Waals surface area contributed by atoms with Gasteiger partial charge in [0.15, 0.2) is 0 Å². The molecule has 0 atom stereocenters. The van der Waals surface area contributed by atoms with Gasteiger partial charge in [0.05, 0.1) is 29.8 Å². The van der Waals surface area contributed by atoms with Crippen LogP contribution < -0.4 is 9.64 Å². The lowest BCUT2D eigenvalue weighted by Gasteiger charge is -2.41. The highest BCUT2D eigenvalue weighted by Gasteiger charge is 2.25. The van der Waals surface area contributed by atoms with Crippen molar-refractivity contribution in [3.05, 3.63) is 42.1 Å². The van der Waals surface area contributed by atoms with E-state index in [1.54, 1.807) is 0 Å². The molecule has 1 aliphatic carbocycles. The van der Waals surface area contributed by atoms with Gasteiger partial charge in [0.1, 0.15) is 11.9 Å². The molecule has 6 heteroatoms. The van der Waals surface area contributed by atoms with Crippen LogP contribution >= 0.6 is 0 Å². The summed E-state index contributed by atoms with van der Waals surface area (Å²) in [6.45, 7) is 8.04. The summed E-state index contributed by atoms with van der Waals surface area (Å²) in [6.07, 6.45) is 9.05. The molecule has 3 heterocycles. The van der Waals surface area contributed by atoms with E-state index in [0.29, 0.717) is 0 Å². The SMILES string of the molecule is Cc1n[nH]c2cc(-c3cc[c]c(N4CCN(C5CCCCC5)CC4)c3)cc(OC3CCOCC3)c12. The van der Waals surface area contributed by atoms with Crippen LogP contribution in [0.15, 0.2) is 30.3 Å². The van der Waals surface area contributed by atoms with Gasteiger partial charge < -0.3 is 14.4 Å². The highest BCUT2D eigenvalue weighted by atomic mass is 16.5. The van der Waals surface area contributed by atoms with Gasteiger partial charge in [-0.3, -0.25) is 10.00 Å². The molecule has 1 radical (unpaired) electrons. The first-order chi connectivity index (χ1) is 17.2. The van der Waals surface area contributed by atoms with Crippen molar-refractivity contribution < 1.29 is 9.47 Å². The smallest absolute Gasteiger partial charge is 0.131 e. The Morgan fingerprint density at radius 1 is 0.971 bits per heavy atom. The Labute approximate surface area is 208 Å². The van der Waals surface area contributed by atoms with E-state index in [0.717, 1.165) is 86.2 Å². The van der Waals surface area contributed by atoms with Crippen LogP contribution in [0.1, 0.15) is 50.6 Å². The molecule has 35 heavy (non-hydrogen) atoms. The van der Waals surface area contributed by atoms with Crippen molar-refractivity contribution in [2.75, 3.05) is 44.3 Å². The van der Waals surface area contributed by atoms with E-state index in [2.05, 4.69) is 56.4 Å². The minimum Gasteiger partial charge on any atom is -0.489 e. The number of nitrogens with zero attached hydrogens (tertiary/aromatic N) is 3. The van der Waals surface area contributed by atoms with Crippen LogP contribution in [0.25, 0.3) is 22.0 Å². The third kappa shape index (κ3) is 4.91. The molecular formula is C29H37N4O2. The van der Waals surface area contributed by atoms with Crippen LogP contribution in [0.4, 0.5) is 5.69 Å². The number of aromatic nitrogens is 2. The van der Waals surface area contributed by atoms with Crippen molar-refractivity contribution in [1.82, 2.24) is 15.1 Å². The van der Waals surface area contributed by atoms with E-state index < -0.39 is 0 Å². The predicted molar refractivity (Wildman–Crippen MR) is 140 cm³/mol. The zero-order valence-electron chi connectivity index (χ0n) is 20.9. The van der Waals surface area contributed by atoms with Gasteiger partial charge in [-0.15, -0.1) is 0 Å². The first-order valence-electron chi connectivity index (χ1n) is 13.5. The van der Waals surface area contributed by atoms with Gasteiger partial charge in [-0.1, -0.05) is 31.4 Å². The maximum Gasteiger partial charge on any atom is 0.131 e. The summed E-state index contributed by atoms with van der Waals surface area (Å²) in [6, 6.07) is 15.2. The quantitative estimate of drug-likeness (QED) is 0.541. The standard InChI is InChI=1S/C29H37N4O2/c1-21-29-27(31-30-21)19-23(20-28(29)35-26-10-16-34-17-11-26)22-6-5-9-25(18-22)33-14-12-32(13-15-33)24-7-3-2-4-8-24/h5-6,18-20,24,26H,2-4,7-8,10-17H2,1H3,(H,30,31). The van der Waals surface area contributed by atoms with Crippen molar-refractivity contribution >= 4 is 16.6 Å². The largest absolute Gasteiger partial charge is 0.489 e. The molecule has 0 bridgehead atoms. The number of anilines is 1. The topological polar surface area (TPSA) is 53.6 Å². The van der Waals surface area contributed by atoms with Crippen LogP contribution in [0.2, 0.25) is 0 Å². The van der Waals surface area contributed by atoms with Crippen LogP contribution in [0, 0.1) is 13.0 Å². The van der Waals surface area contributed by atoms with Gasteiger partial charge in [0.2, 0.25) is 0 Å². The van der Waals surface area contributed by atoms with Gasteiger partial charge in [-0.2, -0.15) is 5.10 Å². The average Bonchev–Trinajstić information content (AvgIpc) is 3.31. The fourth-order valence-electron chi connectivity index (χ4n) is 6.10. The number of aromatic amines is 1. The monoisotopic (exact) mass is 473 g/mol. The summed E-state index contributed by atoms with van der Waals surface area (Å²) in [5, 5.41) is 8.77. The van der Waals surface area contributed by atoms with Gasteiger partial charge in [0, 0.05) is 56.8 Å². The van der Waals surface area contributed by atoms with Crippen molar-refractivity contribution in [1.29, 1.82) is 0 Å². The van der Waals surface area contributed by atoms with E-state index in [-0.39, 0.29) is 6.10 Å². The third-order valence-corrected chi connectivity index (χ3v) is 8.14. The molecule has 1 N–H and O–H groups in total. The molecule has 1 saturated carbocycles. The molecule has 0 unspecified atom stereocenters. The number of benzene rings is 2. The number of nitrogens with one attached hydrogen (secondary N) is 1. The molecule has 1 aromatic heterocycles. The number of rotatable bonds is 5. The molecule has 6 nitrogen and oxygen atoms in total. The van der Waals surface area contributed by atoms with Crippen LogP contribution in [0.5, 0.6) is 5.75 Å². The molecule has 2 aromatic carbocycles. The Hall–Kier alpha value is -2.57. The fraction of sp³-hybridized carbons (Fsp3) is 0.552. The molecule has 0 spiro atoms. The van der Waals surface area contributed by atoms with E-state index >= 15 is 0 Å². The van der Waals surface area contributed by atoms with Gasteiger partial charge in [-0.05, 0) is 49.1 Å². The lowest BCUT2D eigenvalue weighted by Crippen LogP contribution is -2.50. The summed E-state index contributed by atoms with van der Waals surface area (Å²) in [7, 11) is 0. The molecule has 3 aliphatic rings. The molecule has 2 aliphatic heterocycles. The molecule has 3 aromatic rings. The molecule has 0 amide bonds. The van der Waals surface area contributed by atoms with Crippen LogP contribution in [-0.4, -0.2) is 66.6 Å². The fourth-order valence-corrected chi connectivity index (χ4v) is 6.10. The number of H-pyrrole nitrogens is 1. The molecule has 3 fully saturated rings. The first-order valence-corrected chi connectivity index (χ1v) is 13.5. The number of hydrogen-bond acceptors (Lipinski definition) is 5. The minimum atomic E-state index is 0.191. The highest BCUT2D eigenvalue weighted by molar-refractivity contribution is 5.92. The molecular weight excluding hydrogens is 436 g/mol. The second kappa shape index (κ2) is 10.2. The Morgan fingerprint density at radius 2 is 1.77 bits per heavy atom. The highest BCUT2D eigenvalue weighted by Crippen LogP contribution is 2.36. The second-order valence-electron chi connectivity index (χ2n) is 10.4. The lowest BCUT2D eigenvalue weighted by atomic mass is 9.94. The number of piperazine rings is 1. The van der Waals surface area contributed by atoms with Crippen molar-refractivity contribution in [2.24, 2.45) is 0 Å².